The number of allylic oxidation sites excluding steroid dienone is 1. The highest BCUT2D eigenvalue weighted by Crippen LogP contribution is 2.35. The van der Waals surface area contributed by atoms with Crippen molar-refractivity contribution in [1.82, 2.24) is 5.32 Å². The molecule has 1 saturated heterocycles. The Hall–Kier alpha value is -3.29. The molecule has 1 saturated carbocycles. The number of halogens is 2. The molecule has 0 spiro atoms. The summed E-state index contributed by atoms with van der Waals surface area (Å²) in [4.78, 5) is 58.1. The molecule has 0 bridgehead atoms. The number of Topliss-reactive ketones (excluding diaryl/α,β-unsaturated/α-hetero) is 2. The maximum absolute atomic E-state index is 12.4. The van der Waals surface area contributed by atoms with E-state index in [0.29, 0.717) is 25.7 Å². The molecular formula is C39H51Cl2NO6. The van der Waals surface area contributed by atoms with Crippen molar-refractivity contribution >= 4 is 58.8 Å². The summed E-state index contributed by atoms with van der Waals surface area (Å²) in [5.74, 6) is 1.62. The number of hydrogen-bond acceptors (Lipinski definition) is 6. The second-order valence-electron chi connectivity index (χ2n) is 12.5. The second-order valence-corrected chi connectivity index (χ2v) is 13.3. The summed E-state index contributed by atoms with van der Waals surface area (Å²) in [5.41, 5.74) is 2.27. The number of hydrogen-bond donors (Lipinski definition) is 1. The number of benzene rings is 2. The van der Waals surface area contributed by atoms with Crippen molar-refractivity contribution in [2.75, 3.05) is 13.7 Å². The number of ketones is 3. The summed E-state index contributed by atoms with van der Waals surface area (Å²) in [6.45, 7) is 8.77. The van der Waals surface area contributed by atoms with Gasteiger partial charge in [-0.3, -0.25) is 19.2 Å². The highest BCUT2D eigenvalue weighted by atomic mass is 35.5. The average Bonchev–Trinajstić information content (AvgIpc) is 3.71. The van der Waals surface area contributed by atoms with Crippen LogP contribution in [-0.2, 0) is 19.2 Å². The molecule has 2 aliphatic rings. The first-order chi connectivity index (χ1) is 23.0. The third-order valence-corrected chi connectivity index (χ3v) is 9.89. The van der Waals surface area contributed by atoms with Crippen LogP contribution in [0.15, 0.2) is 42.5 Å². The van der Waals surface area contributed by atoms with Crippen LogP contribution in [0.1, 0.15) is 106 Å². The van der Waals surface area contributed by atoms with Gasteiger partial charge in [0.2, 0.25) is 5.91 Å². The minimum atomic E-state index is -0.541. The van der Waals surface area contributed by atoms with Crippen LogP contribution in [0.5, 0.6) is 5.75 Å². The highest BCUT2D eigenvalue weighted by molar-refractivity contribution is 6.39. The zero-order valence-corrected chi connectivity index (χ0v) is 30.5. The zero-order chi connectivity index (χ0) is 35.6. The maximum atomic E-state index is 12.4. The molecule has 1 aliphatic heterocycles. The van der Waals surface area contributed by atoms with E-state index in [1.165, 1.54) is 39.0 Å². The Balaban J connectivity index is 0.000000290. The summed E-state index contributed by atoms with van der Waals surface area (Å²) < 4.78 is 5.20. The van der Waals surface area contributed by atoms with Gasteiger partial charge in [-0.1, -0.05) is 87.4 Å². The molecule has 0 aromatic heterocycles. The highest BCUT2D eigenvalue weighted by Gasteiger charge is 2.30. The van der Waals surface area contributed by atoms with Gasteiger partial charge in [-0.05, 0) is 74.4 Å². The number of carbonyl (C=O) groups excluding carboxylic acids is 5. The Morgan fingerprint density at radius 1 is 0.979 bits per heavy atom. The quantitative estimate of drug-likeness (QED) is 0.120. The third-order valence-electron chi connectivity index (χ3n) is 9.26. The molecule has 1 N–H and O–H groups in total. The van der Waals surface area contributed by atoms with Gasteiger partial charge < -0.3 is 14.8 Å². The lowest BCUT2D eigenvalue weighted by Crippen LogP contribution is -2.25. The van der Waals surface area contributed by atoms with Gasteiger partial charge >= 0.3 is 0 Å². The Morgan fingerprint density at radius 2 is 1.60 bits per heavy atom. The first-order valence-electron chi connectivity index (χ1n) is 17.0. The summed E-state index contributed by atoms with van der Waals surface area (Å²) in [6, 6.07) is 10.6. The van der Waals surface area contributed by atoms with Gasteiger partial charge in [-0.2, -0.15) is 0 Å². The number of methoxy groups -OCH3 is 1. The van der Waals surface area contributed by atoms with Crippen molar-refractivity contribution in [2.24, 2.45) is 23.7 Å². The van der Waals surface area contributed by atoms with E-state index < -0.39 is 5.92 Å². The van der Waals surface area contributed by atoms with Crippen LogP contribution in [0.4, 0.5) is 0 Å². The lowest BCUT2D eigenvalue weighted by Gasteiger charge is -2.16. The zero-order valence-electron chi connectivity index (χ0n) is 29.0. The first kappa shape index (κ1) is 40.9. The topological polar surface area (TPSA) is 107 Å². The Bertz CT molecular complexity index is 1390. The first-order valence-corrected chi connectivity index (χ1v) is 17.8. The van der Waals surface area contributed by atoms with Crippen LogP contribution >= 0.6 is 23.2 Å². The summed E-state index contributed by atoms with van der Waals surface area (Å²) in [6.07, 6.45) is 12.4. The molecule has 1 aliphatic carbocycles. The van der Waals surface area contributed by atoms with Gasteiger partial charge in [-0.15, -0.1) is 0 Å². The molecule has 4 unspecified atom stereocenters. The van der Waals surface area contributed by atoms with Crippen molar-refractivity contribution < 1.29 is 28.7 Å². The van der Waals surface area contributed by atoms with E-state index in [9.17, 15) is 24.0 Å². The van der Waals surface area contributed by atoms with E-state index in [-0.39, 0.29) is 64.0 Å². The summed E-state index contributed by atoms with van der Waals surface area (Å²) in [5, 5.41) is 3.21. The van der Waals surface area contributed by atoms with E-state index in [0.717, 1.165) is 28.7 Å². The van der Waals surface area contributed by atoms with Crippen LogP contribution in [-0.4, -0.2) is 43.2 Å². The van der Waals surface area contributed by atoms with Gasteiger partial charge in [0.15, 0.2) is 11.6 Å². The van der Waals surface area contributed by atoms with Crippen molar-refractivity contribution in [3.8, 4) is 5.75 Å². The molecule has 48 heavy (non-hydrogen) atoms. The van der Waals surface area contributed by atoms with Crippen molar-refractivity contribution in [3.05, 3.63) is 69.2 Å². The molecule has 2 aromatic rings. The predicted molar refractivity (Wildman–Crippen MR) is 194 cm³/mol. The SMILES string of the molecule is CCC1CCCC1CC.COc1cccc(C)c1/C=C/C(C)=O.O=CCC(CC1CCNC1=O)C(=O)CCC(=O)c1c(Cl)cccc1Cl. The van der Waals surface area contributed by atoms with Crippen LogP contribution in [0, 0.1) is 30.6 Å². The lowest BCUT2D eigenvalue weighted by atomic mass is 9.86. The van der Waals surface area contributed by atoms with Crippen molar-refractivity contribution in [1.29, 1.82) is 0 Å². The second kappa shape index (κ2) is 21.6. The van der Waals surface area contributed by atoms with Gasteiger partial charge in [0.05, 0.1) is 22.7 Å². The Kier molecular flexibility index (Phi) is 18.4. The molecule has 7 nitrogen and oxygen atoms in total. The normalized spacial score (nSPS) is 19.0. The number of carbonyl (C=O) groups is 5. The molecule has 4 atom stereocenters. The minimum Gasteiger partial charge on any atom is -0.496 e. The molecule has 2 fully saturated rings. The van der Waals surface area contributed by atoms with E-state index >= 15 is 0 Å². The number of nitrogens with one attached hydrogen (secondary N) is 1. The predicted octanol–water partition coefficient (Wildman–Crippen LogP) is 9.09. The number of aryl methyl sites for hydroxylation is 1. The molecule has 1 amide bonds. The molecule has 9 heteroatoms. The van der Waals surface area contributed by atoms with Crippen LogP contribution in [0.2, 0.25) is 10.0 Å². The molecular weight excluding hydrogens is 649 g/mol. The monoisotopic (exact) mass is 699 g/mol. The van der Waals surface area contributed by atoms with E-state index in [4.69, 9.17) is 27.9 Å². The Labute approximate surface area is 296 Å². The fourth-order valence-electron chi connectivity index (χ4n) is 6.45. The molecule has 0 radical (unpaired) electrons. The fourth-order valence-corrected chi connectivity index (χ4v) is 7.06. The largest absolute Gasteiger partial charge is 0.496 e. The van der Waals surface area contributed by atoms with Gasteiger partial charge in [0.25, 0.3) is 0 Å². The number of amides is 1. The number of ether oxygens (including phenoxy) is 1. The maximum Gasteiger partial charge on any atom is 0.223 e. The fraction of sp³-hybridized carbons (Fsp3) is 0.513. The number of rotatable bonds is 14. The van der Waals surface area contributed by atoms with Gasteiger partial charge in [0.1, 0.15) is 17.8 Å². The van der Waals surface area contributed by atoms with E-state index in [1.807, 2.05) is 25.1 Å². The lowest BCUT2D eigenvalue weighted by molar-refractivity contribution is -0.127. The van der Waals surface area contributed by atoms with Crippen molar-refractivity contribution in [3.63, 3.8) is 0 Å². The van der Waals surface area contributed by atoms with Crippen LogP contribution in [0.25, 0.3) is 6.08 Å². The van der Waals surface area contributed by atoms with Gasteiger partial charge in [0, 0.05) is 43.2 Å². The standard InChI is InChI=1S/C18H19Cl2NO4.C12H14O2.C9H18/c19-13-2-1-3-14(20)17(13)16(24)5-4-15(23)11(7-9-22)10-12-6-8-21-18(12)25;1-9-5-4-6-12(14-3)11(9)8-7-10(2)13;1-3-8-6-5-7-9(8)4-2/h1-3,9,11-12H,4-8,10H2,(H,21,25);4-8H,1-3H3;8-9H,3-7H2,1-2H3/b;8-7+;. The smallest absolute Gasteiger partial charge is 0.223 e. The Morgan fingerprint density at radius 3 is 2.12 bits per heavy atom. The molecule has 2 aromatic carbocycles. The number of aldehydes is 1. The average molecular weight is 701 g/mol. The molecule has 4 rings (SSSR count). The van der Waals surface area contributed by atoms with Crippen LogP contribution in [0.3, 0.4) is 0 Å². The van der Waals surface area contributed by atoms with Crippen molar-refractivity contribution in [2.45, 2.75) is 91.9 Å². The van der Waals surface area contributed by atoms with Gasteiger partial charge in [-0.25, -0.2) is 0 Å². The minimum absolute atomic E-state index is 0.00672. The van der Waals surface area contributed by atoms with Crippen LogP contribution < -0.4 is 10.1 Å². The summed E-state index contributed by atoms with van der Waals surface area (Å²) >= 11 is 12.0. The van der Waals surface area contributed by atoms with E-state index in [1.54, 1.807) is 37.5 Å². The molecule has 262 valence electrons. The molecule has 1 heterocycles. The third kappa shape index (κ3) is 13.0. The summed E-state index contributed by atoms with van der Waals surface area (Å²) in [7, 11) is 1.62. The van der Waals surface area contributed by atoms with E-state index in [2.05, 4.69) is 19.2 Å².